The predicted octanol–water partition coefficient (Wildman–Crippen LogP) is 1.66. The first kappa shape index (κ1) is 18.8. The lowest BCUT2D eigenvalue weighted by atomic mass is 10.00. The van der Waals surface area contributed by atoms with Gasteiger partial charge in [0, 0.05) is 31.6 Å². The highest BCUT2D eigenvalue weighted by atomic mass is 19.2. The van der Waals surface area contributed by atoms with E-state index in [4.69, 9.17) is 9.15 Å². The van der Waals surface area contributed by atoms with Gasteiger partial charge in [-0.05, 0) is 31.2 Å². The summed E-state index contributed by atoms with van der Waals surface area (Å²) in [4.78, 5) is 0. The van der Waals surface area contributed by atoms with E-state index >= 15 is 0 Å². The minimum atomic E-state index is -0.976. The van der Waals surface area contributed by atoms with Crippen LogP contribution in [0.5, 0.6) is 5.75 Å². The van der Waals surface area contributed by atoms with Crippen molar-refractivity contribution in [1.82, 2.24) is 16.2 Å². The fourth-order valence-corrected chi connectivity index (χ4v) is 2.90. The predicted molar refractivity (Wildman–Crippen MR) is 91.5 cm³/mol. The standard InChI is InChI=1S/C18H23F2N3O3/c1-11-2-5-17(26-11)18-12(8-22-23-18)7-21-9-13(24)10-25-14-3-4-15(19)16(20)6-14/h2-6,12-13,18,21-24H,7-10H2,1H3. The maximum Gasteiger partial charge on any atom is 0.162 e. The van der Waals surface area contributed by atoms with Crippen LogP contribution in [0, 0.1) is 24.5 Å². The van der Waals surface area contributed by atoms with E-state index in [9.17, 15) is 13.9 Å². The molecule has 0 amide bonds. The molecule has 3 atom stereocenters. The van der Waals surface area contributed by atoms with Gasteiger partial charge in [-0.25, -0.2) is 14.2 Å². The lowest BCUT2D eigenvalue weighted by molar-refractivity contribution is 0.105. The monoisotopic (exact) mass is 367 g/mol. The largest absolute Gasteiger partial charge is 0.491 e. The summed E-state index contributed by atoms with van der Waals surface area (Å²) in [7, 11) is 0. The average molecular weight is 367 g/mol. The van der Waals surface area contributed by atoms with Crippen molar-refractivity contribution >= 4 is 0 Å². The molecule has 1 aliphatic heterocycles. The van der Waals surface area contributed by atoms with Crippen LogP contribution in [-0.4, -0.2) is 37.5 Å². The van der Waals surface area contributed by atoms with Crippen molar-refractivity contribution in [2.75, 3.05) is 26.2 Å². The first-order valence-corrected chi connectivity index (χ1v) is 8.54. The van der Waals surface area contributed by atoms with E-state index in [0.717, 1.165) is 30.2 Å². The number of rotatable bonds is 8. The summed E-state index contributed by atoms with van der Waals surface area (Å²) in [5.74, 6) is 0.280. The van der Waals surface area contributed by atoms with Crippen LogP contribution in [0.4, 0.5) is 8.78 Å². The summed E-state index contributed by atoms with van der Waals surface area (Å²) in [5.41, 5.74) is 6.32. The molecular formula is C18H23F2N3O3. The summed E-state index contributed by atoms with van der Waals surface area (Å²) in [6.07, 6.45) is -0.769. The van der Waals surface area contributed by atoms with Crippen LogP contribution in [0.25, 0.3) is 0 Å². The van der Waals surface area contributed by atoms with Crippen LogP contribution < -0.4 is 20.9 Å². The van der Waals surface area contributed by atoms with Gasteiger partial charge in [-0.1, -0.05) is 0 Å². The van der Waals surface area contributed by atoms with E-state index in [1.54, 1.807) is 0 Å². The smallest absolute Gasteiger partial charge is 0.162 e. The van der Waals surface area contributed by atoms with Gasteiger partial charge >= 0.3 is 0 Å². The molecule has 4 N–H and O–H groups in total. The molecule has 0 aliphatic carbocycles. The van der Waals surface area contributed by atoms with Crippen LogP contribution in [0.2, 0.25) is 0 Å². The molecule has 0 bridgehead atoms. The highest BCUT2D eigenvalue weighted by molar-refractivity contribution is 5.23. The Morgan fingerprint density at radius 2 is 2.15 bits per heavy atom. The molecule has 1 aromatic heterocycles. The lowest BCUT2D eigenvalue weighted by Crippen LogP contribution is -2.36. The molecule has 8 heteroatoms. The average Bonchev–Trinajstić information content (AvgIpc) is 3.24. The van der Waals surface area contributed by atoms with Crippen molar-refractivity contribution in [2.45, 2.75) is 19.1 Å². The summed E-state index contributed by atoms with van der Waals surface area (Å²) in [6, 6.07) is 7.22. The van der Waals surface area contributed by atoms with E-state index in [2.05, 4.69) is 16.2 Å². The van der Waals surface area contributed by atoms with E-state index < -0.39 is 17.7 Å². The zero-order valence-corrected chi connectivity index (χ0v) is 14.5. The molecule has 2 heterocycles. The molecule has 142 valence electrons. The van der Waals surface area contributed by atoms with Crippen molar-refractivity contribution in [2.24, 2.45) is 5.92 Å². The summed E-state index contributed by atoms with van der Waals surface area (Å²) >= 11 is 0. The van der Waals surface area contributed by atoms with Crippen LogP contribution in [0.3, 0.4) is 0 Å². The number of nitrogens with one attached hydrogen (secondary N) is 3. The minimum absolute atomic E-state index is 0.0138. The van der Waals surface area contributed by atoms with Crippen LogP contribution in [0.15, 0.2) is 34.7 Å². The number of aliphatic hydroxyl groups excluding tert-OH is 1. The number of hydrazine groups is 1. The SMILES string of the molecule is Cc1ccc(C2NNCC2CNCC(O)COc2ccc(F)c(F)c2)o1. The Balaban J connectivity index is 1.40. The second kappa shape index (κ2) is 8.59. The number of furan rings is 1. The van der Waals surface area contributed by atoms with Gasteiger partial charge in [-0.15, -0.1) is 0 Å². The molecule has 3 unspecified atom stereocenters. The normalized spacial score (nSPS) is 21.1. The minimum Gasteiger partial charge on any atom is -0.491 e. The van der Waals surface area contributed by atoms with E-state index in [0.29, 0.717) is 13.1 Å². The summed E-state index contributed by atoms with van der Waals surface area (Å²) < 4.78 is 36.9. The van der Waals surface area contributed by atoms with Crippen LogP contribution in [0.1, 0.15) is 17.6 Å². The number of hydrogen-bond donors (Lipinski definition) is 4. The Kier molecular flexibility index (Phi) is 6.20. The van der Waals surface area contributed by atoms with Gasteiger partial charge in [-0.2, -0.15) is 0 Å². The Hall–Kier alpha value is -2.00. The number of aryl methyl sites for hydroxylation is 1. The van der Waals surface area contributed by atoms with Gasteiger partial charge in [0.15, 0.2) is 11.6 Å². The molecule has 2 aromatic rings. The maximum absolute atomic E-state index is 13.1. The fourth-order valence-electron chi connectivity index (χ4n) is 2.90. The van der Waals surface area contributed by atoms with Crippen LogP contribution in [-0.2, 0) is 0 Å². The van der Waals surface area contributed by atoms with Crippen molar-refractivity contribution in [3.63, 3.8) is 0 Å². The topological polar surface area (TPSA) is 78.7 Å². The summed E-state index contributed by atoms with van der Waals surface area (Å²) in [6.45, 7) is 3.66. The maximum atomic E-state index is 13.1. The van der Waals surface area contributed by atoms with Crippen molar-refractivity contribution in [3.8, 4) is 5.75 Å². The number of aliphatic hydroxyl groups is 1. The molecule has 0 spiro atoms. The lowest BCUT2D eigenvalue weighted by Gasteiger charge is -2.18. The molecular weight excluding hydrogens is 344 g/mol. The van der Waals surface area contributed by atoms with Gasteiger partial charge < -0.3 is 19.6 Å². The Labute approximate surface area is 150 Å². The zero-order valence-electron chi connectivity index (χ0n) is 14.5. The van der Waals surface area contributed by atoms with Crippen molar-refractivity contribution in [3.05, 3.63) is 53.5 Å². The van der Waals surface area contributed by atoms with E-state index in [1.165, 1.54) is 6.07 Å². The molecule has 1 saturated heterocycles. The number of hydrogen-bond acceptors (Lipinski definition) is 6. The molecule has 1 aromatic carbocycles. The quantitative estimate of drug-likeness (QED) is 0.568. The number of ether oxygens (including phenoxy) is 1. The van der Waals surface area contributed by atoms with Crippen LogP contribution >= 0.6 is 0 Å². The van der Waals surface area contributed by atoms with Gasteiger partial charge in [0.05, 0.1) is 6.04 Å². The molecule has 3 rings (SSSR count). The van der Waals surface area contributed by atoms with Crippen molar-refractivity contribution in [1.29, 1.82) is 0 Å². The zero-order chi connectivity index (χ0) is 18.5. The number of benzene rings is 1. The first-order chi connectivity index (χ1) is 12.5. The van der Waals surface area contributed by atoms with Gasteiger partial charge in [0.2, 0.25) is 0 Å². The Morgan fingerprint density at radius 3 is 2.88 bits per heavy atom. The Morgan fingerprint density at radius 1 is 1.31 bits per heavy atom. The van der Waals surface area contributed by atoms with Gasteiger partial charge in [0.25, 0.3) is 0 Å². The first-order valence-electron chi connectivity index (χ1n) is 8.54. The molecule has 6 nitrogen and oxygen atoms in total. The third kappa shape index (κ3) is 4.79. The molecule has 0 radical (unpaired) electrons. The molecule has 0 saturated carbocycles. The second-order valence-electron chi connectivity index (χ2n) is 6.41. The van der Waals surface area contributed by atoms with Crippen molar-refractivity contribution < 1.29 is 23.0 Å². The summed E-state index contributed by atoms with van der Waals surface area (Å²) in [5, 5.41) is 13.2. The fraction of sp³-hybridized carbons (Fsp3) is 0.444. The second-order valence-corrected chi connectivity index (χ2v) is 6.41. The van der Waals surface area contributed by atoms with E-state index in [1.807, 2.05) is 19.1 Å². The number of halogens is 2. The molecule has 1 fully saturated rings. The van der Waals surface area contributed by atoms with Gasteiger partial charge in [0.1, 0.15) is 30.0 Å². The molecule has 26 heavy (non-hydrogen) atoms. The van der Waals surface area contributed by atoms with E-state index in [-0.39, 0.29) is 24.3 Å². The van der Waals surface area contributed by atoms with Gasteiger partial charge in [-0.3, -0.25) is 5.43 Å². The highest BCUT2D eigenvalue weighted by Crippen LogP contribution is 2.25. The third-order valence-electron chi connectivity index (χ3n) is 4.28. The molecule has 1 aliphatic rings. The third-order valence-corrected chi connectivity index (χ3v) is 4.28. The highest BCUT2D eigenvalue weighted by Gasteiger charge is 2.30. The Bertz CT molecular complexity index is 725.